The van der Waals surface area contributed by atoms with E-state index in [4.69, 9.17) is 4.74 Å². The monoisotopic (exact) mass is 433 g/mol. The van der Waals surface area contributed by atoms with Crippen molar-refractivity contribution in [3.8, 4) is 5.75 Å². The summed E-state index contributed by atoms with van der Waals surface area (Å²) < 4.78 is 105. The van der Waals surface area contributed by atoms with Crippen LogP contribution in [0.1, 0.15) is 24.5 Å². The Balaban J connectivity index is 2.17. The van der Waals surface area contributed by atoms with E-state index >= 15 is 0 Å². The normalized spacial score (nSPS) is 19.5. The molecular weight excluding hydrogens is 416 g/mol. The number of ether oxygens (including phenoxy) is 1. The number of sulfone groups is 1. The van der Waals surface area contributed by atoms with Gasteiger partial charge in [-0.15, -0.1) is 0 Å². The summed E-state index contributed by atoms with van der Waals surface area (Å²) in [5, 5.41) is 0. The van der Waals surface area contributed by atoms with Gasteiger partial charge < -0.3 is 9.64 Å². The highest BCUT2D eigenvalue weighted by Gasteiger charge is 2.38. The van der Waals surface area contributed by atoms with Gasteiger partial charge in [0.1, 0.15) is 5.75 Å². The first kappa shape index (κ1) is 22.3. The molecule has 1 saturated heterocycles. The number of amides is 1. The maximum Gasteiger partial charge on any atom is 0.416 e. The van der Waals surface area contributed by atoms with E-state index < -0.39 is 57.6 Å². The van der Waals surface area contributed by atoms with E-state index in [1.54, 1.807) is 6.92 Å². The molecule has 28 heavy (non-hydrogen) atoms. The standard InChI is InChI=1S/C16H17F6NO4S/c1-2-23(12-3-4-28(25,26)9-12)14(24)8-27-13-6-10(15(17,18)19)5-11(7-13)16(20,21)22/h5-7,12H,2-4,8-9H2,1H3. The van der Waals surface area contributed by atoms with Gasteiger partial charge in [-0.05, 0) is 31.5 Å². The van der Waals surface area contributed by atoms with Crippen molar-refractivity contribution in [3.63, 3.8) is 0 Å². The van der Waals surface area contributed by atoms with E-state index in [0.717, 1.165) is 0 Å². The van der Waals surface area contributed by atoms with Crippen molar-refractivity contribution in [2.24, 2.45) is 0 Å². The Morgan fingerprint density at radius 1 is 1.11 bits per heavy atom. The summed E-state index contributed by atoms with van der Waals surface area (Å²) in [6.07, 6.45) is -9.85. The molecule has 12 heteroatoms. The van der Waals surface area contributed by atoms with Crippen LogP contribution in [0.3, 0.4) is 0 Å². The highest BCUT2D eigenvalue weighted by Crippen LogP contribution is 2.38. The lowest BCUT2D eigenvalue weighted by Crippen LogP contribution is -2.43. The Hall–Kier alpha value is -1.98. The first-order chi connectivity index (χ1) is 12.7. The molecule has 1 heterocycles. The van der Waals surface area contributed by atoms with Crippen LogP contribution in [0.2, 0.25) is 0 Å². The van der Waals surface area contributed by atoms with E-state index in [1.165, 1.54) is 4.90 Å². The number of hydrogen-bond donors (Lipinski definition) is 0. The summed E-state index contributed by atoms with van der Waals surface area (Å²) in [6, 6.07) is 0.104. The third-order valence-electron chi connectivity index (χ3n) is 4.23. The van der Waals surface area contributed by atoms with Gasteiger partial charge in [0.25, 0.3) is 5.91 Å². The van der Waals surface area contributed by atoms with Crippen LogP contribution in [0.15, 0.2) is 18.2 Å². The SMILES string of the molecule is CCN(C(=O)COc1cc(C(F)(F)F)cc(C(F)(F)F)c1)C1CCS(=O)(=O)C1. The van der Waals surface area contributed by atoms with Gasteiger partial charge in [0.15, 0.2) is 16.4 Å². The lowest BCUT2D eigenvalue weighted by molar-refractivity contribution is -0.143. The maximum atomic E-state index is 12.8. The van der Waals surface area contributed by atoms with Gasteiger partial charge in [-0.1, -0.05) is 0 Å². The van der Waals surface area contributed by atoms with E-state index in [-0.39, 0.29) is 30.5 Å². The Labute approximate surface area is 157 Å². The molecule has 0 radical (unpaired) electrons. The second-order valence-electron chi connectivity index (χ2n) is 6.27. The molecule has 1 amide bonds. The molecule has 2 rings (SSSR count). The molecular formula is C16H17F6NO4S. The van der Waals surface area contributed by atoms with Gasteiger partial charge in [0, 0.05) is 12.6 Å². The zero-order valence-electron chi connectivity index (χ0n) is 14.6. The van der Waals surface area contributed by atoms with E-state index in [1.807, 2.05) is 0 Å². The highest BCUT2D eigenvalue weighted by molar-refractivity contribution is 7.91. The molecule has 0 saturated carbocycles. The van der Waals surface area contributed by atoms with E-state index in [9.17, 15) is 39.6 Å². The molecule has 0 N–H and O–H groups in total. The third kappa shape index (κ3) is 5.52. The lowest BCUT2D eigenvalue weighted by atomic mass is 10.1. The van der Waals surface area contributed by atoms with Crippen molar-refractivity contribution in [1.29, 1.82) is 0 Å². The number of alkyl halides is 6. The fourth-order valence-electron chi connectivity index (χ4n) is 2.90. The Kier molecular flexibility index (Phi) is 6.22. The minimum absolute atomic E-state index is 0.0452. The predicted molar refractivity (Wildman–Crippen MR) is 86.4 cm³/mol. The summed E-state index contributed by atoms with van der Waals surface area (Å²) in [4.78, 5) is 13.5. The molecule has 0 spiro atoms. The first-order valence-electron chi connectivity index (χ1n) is 8.15. The maximum absolute atomic E-state index is 12.8. The Bertz CT molecular complexity index is 802. The number of halogens is 6. The number of benzene rings is 1. The van der Waals surface area contributed by atoms with Crippen molar-refractivity contribution in [2.45, 2.75) is 31.7 Å². The molecule has 1 aliphatic rings. The largest absolute Gasteiger partial charge is 0.484 e. The first-order valence-corrected chi connectivity index (χ1v) is 9.97. The van der Waals surface area contributed by atoms with Gasteiger partial charge in [0.05, 0.1) is 22.6 Å². The molecule has 5 nitrogen and oxygen atoms in total. The van der Waals surface area contributed by atoms with Crippen molar-refractivity contribution < 1.29 is 44.3 Å². The average molecular weight is 433 g/mol. The molecule has 0 aromatic heterocycles. The molecule has 1 unspecified atom stereocenters. The van der Waals surface area contributed by atoms with Gasteiger partial charge in [0.2, 0.25) is 0 Å². The van der Waals surface area contributed by atoms with E-state index in [0.29, 0.717) is 12.1 Å². The van der Waals surface area contributed by atoms with Gasteiger partial charge in [-0.3, -0.25) is 4.79 Å². The highest BCUT2D eigenvalue weighted by atomic mass is 32.2. The van der Waals surface area contributed by atoms with Crippen LogP contribution >= 0.6 is 0 Å². The summed E-state index contributed by atoms with van der Waals surface area (Å²) in [5.41, 5.74) is -3.11. The van der Waals surface area contributed by atoms with Crippen LogP contribution < -0.4 is 4.74 Å². The Morgan fingerprint density at radius 3 is 2.04 bits per heavy atom. The summed E-state index contributed by atoms with van der Waals surface area (Å²) in [5.74, 6) is -1.82. The van der Waals surface area contributed by atoms with Crippen LogP contribution in [0, 0.1) is 0 Å². The van der Waals surface area contributed by atoms with Crippen molar-refractivity contribution in [1.82, 2.24) is 4.90 Å². The van der Waals surface area contributed by atoms with Gasteiger partial charge >= 0.3 is 12.4 Å². The zero-order chi connectivity index (χ0) is 21.3. The molecule has 1 aromatic rings. The fourth-order valence-corrected chi connectivity index (χ4v) is 4.63. The zero-order valence-corrected chi connectivity index (χ0v) is 15.4. The molecule has 158 valence electrons. The smallest absolute Gasteiger partial charge is 0.416 e. The minimum atomic E-state index is -5.03. The van der Waals surface area contributed by atoms with Crippen molar-refractivity contribution in [3.05, 3.63) is 29.3 Å². The quantitative estimate of drug-likeness (QED) is 0.670. The van der Waals surface area contributed by atoms with E-state index in [2.05, 4.69) is 0 Å². The summed E-state index contributed by atoms with van der Waals surface area (Å²) in [6.45, 7) is 0.886. The molecule has 1 aliphatic heterocycles. The molecule has 0 bridgehead atoms. The predicted octanol–water partition coefficient (Wildman–Crippen LogP) is 3.14. The Morgan fingerprint density at radius 2 is 1.64 bits per heavy atom. The molecule has 1 atom stereocenters. The van der Waals surface area contributed by atoms with Crippen LogP contribution in [0.5, 0.6) is 5.75 Å². The number of hydrogen-bond acceptors (Lipinski definition) is 4. The molecule has 1 fully saturated rings. The van der Waals surface area contributed by atoms with Crippen molar-refractivity contribution >= 4 is 15.7 Å². The second-order valence-corrected chi connectivity index (χ2v) is 8.50. The lowest BCUT2D eigenvalue weighted by Gasteiger charge is -2.26. The summed E-state index contributed by atoms with van der Waals surface area (Å²) >= 11 is 0. The number of likely N-dealkylation sites (N-methyl/N-ethyl adjacent to an activating group) is 1. The van der Waals surface area contributed by atoms with Crippen LogP contribution in [-0.2, 0) is 27.0 Å². The minimum Gasteiger partial charge on any atom is -0.484 e. The number of nitrogens with zero attached hydrogens (tertiary/aromatic N) is 1. The second kappa shape index (κ2) is 7.80. The molecule has 1 aromatic carbocycles. The van der Waals surface area contributed by atoms with Crippen LogP contribution in [-0.4, -0.2) is 49.9 Å². The van der Waals surface area contributed by atoms with Crippen molar-refractivity contribution in [2.75, 3.05) is 24.7 Å². The fraction of sp³-hybridized carbons (Fsp3) is 0.562. The van der Waals surface area contributed by atoms with Gasteiger partial charge in [-0.2, -0.15) is 26.3 Å². The van der Waals surface area contributed by atoms with Crippen LogP contribution in [0.25, 0.3) is 0 Å². The topological polar surface area (TPSA) is 63.7 Å². The number of carbonyl (C=O) groups excluding carboxylic acids is 1. The number of rotatable bonds is 5. The third-order valence-corrected chi connectivity index (χ3v) is 5.98. The van der Waals surface area contributed by atoms with Gasteiger partial charge in [-0.25, -0.2) is 8.42 Å². The summed E-state index contributed by atoms with van der Waals surface area (Å²) in [7, 11) is -3.28. The average Bonchev–Trinajstić information content (AvgIpc) is 2.91. The number of carbonyl (C=O) groups is 1. The van der Waals surface area contributed by atoms with Crippen LogP contribution in [0.4, 0.5) is 26.3 Å². The molecule has 0 aliphatic carbocycles.